The third kappa shape index (κ3) is 3.29. The zero-order valence-corrected chi connectivity index (χ0v) is 10.6. The van der Waals surface area contributed by atoms with Crippen LogP contribution in [-0.2, 0) is 16.3 Å². The minimum atomic E-state index is -2.82. The van der Waals surface area contributed by atoms with Gasteiger partial charge in [0.25, 0.3) is 0 Å². The summed E-state index contributed by atoms with van der Waals surface area (Å²) in [6.45, 7) is 0.643. The number of hydrogen-bond donors (Lipinski definition) is 1. The molecule has 1 aromatic heterocycles. The lowest BCUT2D eigenvalue weighted by Gasteiger charge is -2.18. The molecule has 5 nitrogen and oxygen atoms in total. The molecule has 0 aromatic carbocycles. The van der Waals surface area contributed by atoms with E-state index in [-0.39, 0.29) is 17.4 Å². The molecule has 0 unspecified atom stereocenters. The Hall–Kier alpha value is -0.880. The maximum atomic E-state index is 11.3. The lowest BCUT2D eigenvalue weighted by Crippen LogP contribution is -2.22. The van der Waals surface area contributed by atoms with Crippen LogP contribution in [0.4, 0.5) is 0 Å². The van der Waals surface area contributed by atoms with Crippen molar-refractivity contribution in [3.05, 3.63) is 17.8 Å². The number of rotatable bonds is 4. The minimum absolute atomic E-state index is 0.158. The number of oxazole rings is 1. The summed E-state index contributed by atoms with van der Waals surface area (Å²) in [7, 11) is -2.82. The molecule has 2 heterocycles. The van der Waals surface area contributed by atoms with Crippen molar-refractivity contribution in [1.29, 1.82) is 0 Å². The summed E-state index contributed by atoms with van der Waals surface area (Å²) in [4.78, 5) is 4.40. The molecular formula is C11H18N2O3S. The quantitative estimate of drug-likeness (QED) is 0.865. The average molecular weight is 258 g/mol. The van der Waals surface area contributed by atoms with Gasteiger partial charge in [0.15, 0.2) is 5.89 Å². The summed E-state index contributed by atoms with van der Waals surface area (Å²) >= 11 is 0. The topological polar surface area (TPSA) is 86.2 Å². The molecule has 1 fully saturated rings. The summed E-state index contributed by atoms with van der Waals surface area (Å²) in [5.41, 5.74) is 6.35. The van der Waals surface area contributed by atoms with Crippen molar-refractivity contribution in [2.24, 2.45) is 5.73 Å². The fraction of sp³-hybridized carbons (Fsp3) is 0.727. The molecule has 6 heteroatoms. The maximum absolute atomic E-state index is 11.3. The van der Waals surface area contributed by atoms with Crippen LogP contribution in [0.2, 0.25) is 0 Å². The Bertz CT molecular complexity index is 453. The van der Waals surface area contributed by atoms with Crippen LogP contribution in [-0.4, -0.2) is 31.5 Å². The molecule has 0 spiro atoms. The maximum Gasteiger partial charge on any atom is 0.197 e. The highest BCUT2D eigenvalue weighted by molar-refractivity contribution is 7.91. The fourth-order valence-electron chi connectivity index (χ4n) is 2.05. The van der Waals surface area contributed by atoms with Gasteiger partial charge in [0.2, 0.25) is 0 Å². The van der Waals surface area contributed by atoms with Crippen LogP contribution in [0.15, 0.2) is 10.7 Å². The molecule has 2 rings (SSSR count). The van der Waals surface area contributed by atoms with E-state index >= 15 is 0 Å². The summed E-state index contributed by atoms with van der Waals surface area (Å²) in [5, 5.41) is 0. The molecule has 1 aliphatic rings. The highest BCUT2D eigenvalue weighted by Crippen LogP contribution is 2.28. The van der Waals surface area contributed by atoms with Crippen molar-refractivity contribution in [3.63, 3.8) is 0 Å². The van der Waals surface area contributed by atoms with E-state index in [9.17, 15) is 8.42 Å². The number of aromatic nitrogens is 1. The first-order chi connectivity index (χ1) is 8.11. The summed E-state index contributed by atoms with van der Waals surface area (Å²) in [6.07, 6.45) is 4.63. The molecule has 96 valence electrons. The van der Waals surface area contributed by atoms with Crippen LogP contribution in [0.1, 0.15) is 36.8 Å². The van der Waals surface area contributed by atoms with Crippen molar-refractivity contribution < 1.29 is 12.8 Å². The van der Waals surface area contributed by atoms with Crippen LogP contribution < -0.4 is 5.73 Å². The smallest absolute Gasteiger partial charge is 0.197 e. The standard InChI is InChI=1S/C11H18N2O3S/c12-5-1-2-10-8-16-11(13-10)9-3-6-17(14,15)7-4-9/h8-9H,1-7,12H2. The van der Waals surface area contributed by atoms with Gasteiger partial charge in [-0.15, -0.1) is 0 Å². The Balaban J connectivity index is 1.96. The molecule has 1 aromatic rings. The zero-order valence-electron chi connectivity index (χ0n) is 9.76. The van der Waals surface area contributed by atoms with E-state index in [1.807, 2.05) is 0 Å². The summed E-state index contributed by atoms with van der Waals surface area (Å²) < 4.78 is 28.0. The second kappa shape index (κ2) is 5.18. The summed E-state index contributed by atoms with van der Waals surface area (Å²) in [6, 6.07) is 0. The summed E-state index contributed by atoms with van der Waals surface area (Å²) in [5.74, 6) is 1.34. The second-order valence-electron chi connectivity index (χ2n) is 4.50. The van der Waals surface area contributed by atoms with Gasteiger partial charge in [0.05, 0.1) is 17.2 Å². The van der Waals surface area contributed by atoms with E-state index in [2.05, 4.69) is 4.98 Å². The first-order valence-corrected chi connectivity index (χ1v) is 7.77. The molecule has 1 saturated heterocycles. The van der Waals surface area contributed by atoms with Crippen LogP contribution >= 0.6 is 0 Å². The Kier molecular flexibility index (Phi) is 3.83. The fourth-order valence-corrected chi connectivity index (χ4v) is 3.54. The molecule has 2 N–H and O–H groups in total. The van der Waals surface area contributed by atoms with Crippen LogP contribution in [0.5, 0.6) is 0 Å². The molecule has 1 aliphatic heterocycles. The Morgan fingerprint density at radius 2 is 2.12 bits per heavy atom. The Morgan fingerprint density at radius 3 is 2.76 bits per heavy atom. The van der Waals surface area contributed by atoms with Crippen molar-refractivity contribution in [1.82, 2.24) is 4.98 Å². The zero-order chi connectivity index (χ0) is 12.3. The molecule has 0 saturated carbocycles. The number of nitrogens with zero attached hydrogens (tertiary/aromatic N) is 1. The number of nitrogens with two attached hydrogens (primary N) is 1. The Labute approximate surface area is 101 Å². The van der Waals surface area contributed by atoms with E-state index in [0.29, 0.717) is 25.3 Å². The van der Waals surface area contributed by atoms with Gasteiger partial charge < -0.3 is 10.2 Å². The number of hydrogen-bond acceptors (Lipinski definition) is 5. The molecule has 17 heavy (non-hydrogen) atoms. The van der Waals surface area contributed by atoms with Crippen molar-refractivity contribution in [2.45, 2.75) is 31.6 Å². The molecule has 0 radical (unpaired) electrons. The highest BCUT2D eigenvalue weighted by Gasteiger charge is 2.27. The van der Waals surface area contributed by atoms with Gasteiger partial charge in [-0.2, -0.15) is 0 Å². The predicted octanol–water partition coefficient (Wildman–Crippen LogP) is 0.858. The van der Waals surface area contributed by atoms with Gasteiger partial charge in [-0.1, -0.05) is 0 Å². The lowest BCUT2D eigenvalue weighted by molar-refractivity contribution is 0.423. The highest BCUT2D eigenvalue weighted by atomic mass is 32.2. The van der Waals surface area contributed by atoms with Crippen LogP contribution in [0.3, 0.4) is 0 Å². The molecule has 0 aliphatic carbocycles. The van der Waals surface area contributed by atoms with Gasteiger partial charge >= 0.3 is 0 Å². The van der Waals surface area contributed by atoms with E-state index in [4.69, 9.17) is 10.2 Å². The average Bonchev–Trinajstić information content (AvgIpc) is 2.75. The van der Waals surface area contributed by atoms with Gasteiger partial charge in [-0.25, -0.2) is 13.4 Å². The molecular weight excluding hydrogens is 240 g/mol. The van der Waals surface area contributed by atoms with Gasteiger partial charge in [-0.3, -0.25) is 0 Å². The van der Waals surface area contributed by atoms with Crippen LogP contribution in [0.25, 0.3) is 0 Å². The first-order valence-electron chi connectivity index (χ1n) is 5.95. The largest absolute Gasteiger partial charge is 0.448 e. The third-order valence-electron chi connectivity index (χ3n) is 3.11. The lowest BCUT2D eigenvalue weighted by atomic mass is 10.0. The van der Waals surface area contributed by atoms with Gasteiger partial charge in [0.1, 0.15) is 16.1 Å². The molecule has 0 amide bonds. The van der Waals surface area contributed by atoms with Crippen molar-refractivity contribution in [2.75, 3.05) is 18.1 Å². The Morgan fingerprint density at radius 1 is 1.41 bits per heavy atom. The monoisotopic (exact) mass is 258 g/mol. The molecule has 0 atom stereocenters. The SMILES string of the molecule is NCCCc1coc(C2CCS(=O)(=O)CC2)n1. The van der Waals surface area contributed by atoms with E-state index in [0.717, 1.165) is 18.5 Å². The molecule has 0 bridgehead atoms. The van der Waals surface area contributed by atoms with Crippen LogP contribution in [0, 0.1) is 0 Å². The van der Waals surface area contributed by atoms with E-state index in [1.54, 1.807) is 6.26 Å². The number of sulfone groups is 1. The predicted molar refractivity (Wildman–Crippen MR) is 64.5 cm³/mol. The number of aryl methyl sites for hydroxylation is 1. The van der Waals surface area contributed by atoms with E-state index in [1.165, 1.54) is 0 Å². The van der Waals surface area contributed by atoms with Crippen molar-refractivity contribution >= 4 is 9.84 Å². The minimum Gasteiger partial charge on any atom is -0.448 e. The van der Waals surface area contributed by atoms with Gasteiger partial charge in [-0.05, 0) is 32.2 Å². The first kappa shape index (κ1) is 12.6. The van der Waals surface area contributed by atoms with Gasteiger partial charge in [0, 0.05) is 5.92 Å². The van der Waals surface area contributed by atoms with Crippen molar-refractivity contribution in [3.8, 4) is 0 Å². The normalized spacial score (nSPS) is 20.5. The second-order valence-corrected chi connectivity index (χ2v) is 6.80. The van der Waals surface area contributed by atoms with E-state index < -0.39 is 9.84 Å². The third-order valence-corrected chi connectivity index (χ3v) is 4.83.